The molecule has 12 heavy (non-hydrogen) atoms. The SMILES string of the molecule is CC(N)C(=O)NC1CC=CCC1. The van der Waals surface area contributed by atoms with Crippen LogP contribution in [0, 0.1) is 0 Å². The molecule has 1 rings (SSSR count). The maximum absolute atomic E-state index is 11.2. The molecule has 0 aliphatic heterocycles. The summed E-state index contributed by atoms with van der Waals surface area (Å²) in [6.45, 7) is 1.70. The van der Waals surface area contributed by atoms with Gasteiger partial charge in [0.1, 0.15) is 0 Å². The smallest absolute Gasteiger partial charge is 0.236 e. The Morgan fingerprint density at radius 3 is 2.92 bits per heavy atom. The minimum absolute atomic E-state index is 0.0460. The zero-order valence-electron chi connectivity index (χ0n) is 7.42. The monoisotopic (exact) mass is 168 g/mol. The molecule has 0 heterocycles. The Hall–Kier alpha value is -0.830. The fourth-order valence-corrected chi connectivity index (χ4v) is 1.26. The van der Waals surface area contributed by atoms with Crippen LogP contribution < -0.4 is 11.1 Å². The highest BCUT2D eigenvalue weighted by Gasteiger charge is 2.14. The summed E-state index contributed by atoms with van der Waals surface area (Å²) in [4.78, 5) is 11.2. The Morgan fingerprint density at radius 1 is 1.67 bits per heavy atom. The van der Waals surface area contributed by atoms with E-state index in [2.05, 4.69) is 17.5 Å². The van der Waals surface area contributed by atoms with Crippen molar-refractivity contribution in [2.45, 2.75) is 38.3 Å². The van der Waals surface area contributed by atoms with Crippen molar-refractivity contribution in [1.82, 2.24) is 5.32 Å². The van der Waals surface area contributed by atoms with E-state index < -0.39 is 6.04 Å². The molecule has 1 amide bonds. The molecule has 0 saturated heterocycles. The van der Waals surface area contributed by atoms with Gasteiger partial charge in [0.15, 0.2) is 0 Å². The van der Waals surface area contributed by atoms with Gasteiger partial charge in [-0.2, -0.15) is 0 Å². The Balaban J connectivity index is 2.31. The highest BCUT2D eigenvalue weighted by atomic mass is 16.2. The first-order valence-corrected chi connectivity index (χ1v) is 4.41. The summed E-state index contributed by atoms with van der Waals surface area (Å²) < 4.78 is 0. The Kier molecular flexibility index (Phi) is 3.29. The molecule has 2 unspecified atom stereocenters. The van der Waals surface area contributed by atoms with Crippen molar-refractivity contribution in [3.8, 4) is 0 Å². The Labute approximate surface area is 73.0 Å². The van der Waals surface area contributed by atoms with Gasteiger partial charge in [-0.1, -0.05) is 12.2 Å². The molecule has 0 aromatic carbocycles. The summed E-state index contributed by atoms with van der Waals surface area (Å²) in [7, 11) is 0. The predicted molar refractivity (Wildman–Crippen MR) is 48.6 cm³/mol. The Bertz CT molecular complexity index is 187. The summed E-state index contributed by atoms with van der Waals surface area (Å²) >= 11 is 0. The first-order valence-electron chi connectivity index (χ1n) is 4.41. The number of nitrogens with one attached hydrogen (secondary N) is 1. The minimum atomic E-state index is -0.393. The summed E-state index contributed by atoms with van der Waals surface area (Å²) in [5.41, 5.74) is 5.42. The van der Waals surface area contributed by atoms with Crippen molar-refractivity contribution >= 4 is 5.91 Å². The van der Waals surface area contributed by atoms with Gasteiger partial charge in [0.05, 0.1) is 6.04 Å². The lowest BCUT2D eigenvalue weighted by Gasteiger charge is -2.20. The molecule has 68 valence electrons. The summed E-state index contributed by atoms with van der Waals surface area (Å²) in [5.74, 6) is -0.0460. The molecular formula is C9H16N2O. The van der Waals surface area contributed by atoms with Crippen LogP contribution in [0.2, 0.25) is 0 Å². The maximum atomic E-state index is 11.2. The molecule has 3 nitrogen and oxygen atoms in total. The molecular weight excluding hydrogens is 152 g/mol. The van der Waals surface area contributed by atoms with Crippen LogP contribution in [-0.2, 0) is 4.79 Å². The average molecular weight is 168 g/mol. The second-order valence-corrected chi connectivity index (χ2v) is 3.28. The number of carbonyl (C=O) groups is 1. The van der Waals surface area contributed by atoms with Gasteiger partial charge in [-0.15, -0.1) is 0 Å². The van der Waals surface area contributed by atoms with Crippen molar-refractivity contribution in [3.05, 3.63) is 12.2 Å². The minimum Gasteiger partial charge on any atom is -0.352 e. The third-order valence-electron chi connectivity index (χ3n) is 2.03. The number of hydrogen-bond donors (Lipinski definition) is 2. The lowest BCUT2D eigenvalue weighted by molar-refractivity contribution is -0.122. The summed E-state index contributed by atoms with van der Waals surface area (Å²) in [5, 5.41) is 2.90. The molecule has 0 saturated carbocycles. The lowest BCUT2D eigenvalue weighted by atomic mass is 10.0. The number of amides is 1. The van der Waals surface area contributed by atoms with Crippen LogP contribution in [0.3, 0.4) is 0 Å². The van der Waals surface area contributed by atoms with Crippen molar-refractivity contribution in [1.29, 1.82) is 0 Å². The van der Waals surface area contributed by atoms with Gasteiger partial charge in [0.2, 0.25) is 5.91 Å². The van der Waals surface area contributed by atoms with Gasteiger partial charge >= 0.3 is 0 Å². The quantitative estimate of drug-likeness (QED) is 0.592. The molecule has 0 spiro atoms. The van der Waals surface area contributed by atoms with E-state index >= 15 is 0 Å². The summed E-state index contributed by atoms with van der Waals surface area (Å²) in [6.07, 6.45) is 7.29. The third kappa shape index (κ3) is 2.66. The van der Waals surface area contributed by atoms with Crippen LogP contribution in [0.4, 0.5) is 0 Å². The molecule has 1 aliphatic rings. The molecule has 0 aromatic heterocycles. The number of carbonyl (C=O) groups excluding carboxylic acids is 1. The average Bonchev–Trinajstić information content (AvgIpc) is 2.06. The van der Waals surface area contributed by atoms with Crippen molar-refractivity contribution in [3.63, 3.8) is 0 Å². The van der Waals surface area contributed by atoms with E-state index in [4.69, 9.17) is 5.73 Å². The van der Waals surface area contributed by atoms with Crippen LogP contribution in [0.5, 0.6) is 0 Å². The van der Waals surface area contributed by atoms with Crippen LogP contribution in [0.25, 0.3) is 0 Å². The maximum Gasteiger partial charge on any atom is 0.236 e. The fourth-order valence-electron chi connectivity index (χ4n) is 1.26. The molecule has 1 aliphatic carbocycles. The predicted octanol–water partition coefficient (Wildman–Crippen LogP) is 0.558. The standard InChI is InChI=1S/C9H16N2O/c1-7(10)9(12)11-8-5-3-2-4-6-8/h2-3,7-8H,4-6,10H2,1H3,(H,11,12). The molecule has 2 atom stereocenters. The van der Waals surface area contributed by atoms with E-state index in [0.717, 1.165) is 19.3 Å². The Morgan fingerprint density at radius 2 is 2.42 bits per heavy atom. The van der Waals surface area contributed by atoms with Gasteiger partial charge in [0.25, 0.3) is 0 Å². The molecule has 0 aromatic rings. The number of rotatable bonds is 2. The third-order valence-corrected chi connectivity index (χ3v) is 2.03. The second-order valence-electron chi connectivity index (χ2n) is 3.28. The van der Waals surface area contributed by atoms with E-state index in [0.29, 0.717) is 6.04 Å². The zero-order chi connectivity index (χ0) is 8.97. The first-order chi connectivity index (χ1) is 5.70. The number of hydrogen-bond acceptors (Lipinski definition) is 2. The van der Waals surface area contributed by atoms with E-state index in [1.54, 1.807) is 6.92 Å². The topological polar surface area (TPSA) is 55.1 Å². The molecule has 0 fully saturated rings. The fraction of sp³-hybridized carbons (Fsp3) is 0.667. The van der Waals surface area contributed by atoms with Crippen LogP contribution in [0.1, 0.15) is 26.2 Å². The van der Waals surface area contributed by atoms with E-state index in [1.165, 1.54) is 0 Å². The van der Waals surface area contributed by atoms with E-state index in [9.17, 15) is 4.79 Å². The van der Waals surface area contributed by atoms with Crippen molar-refractivity contribution in [2.24, 2.45) is 5.73 Å². The highest BCUT2D eigenvalue weighted by Crippen LogP contribution is 2.10. The molecule has 3 heteroatoms. The van der Waals surface area contributed by atoms with Crippen LogP contribution >= 0.6 is 0 Å². The first kappa shape index (κ1) is 9.26. The largest absolute Gasteiger partial charge is 0.352 e. The van der Waals surface area contributed by atoms with Crippen molar-refractivity contribution < 1.29 is 4.79 Å². The van der Waals surface area contributed by atoms with E-state index in [1.807, 2.05) is 0 Å². The highest BCUT2D eigenvalue weighted by molar-refractivity contribution is 5.81. The molecule has 0 radical (unpaired) electrons. The second kappa shape index (κ2) is 4.26. The van der Waals surface area contributed by atoms with Crippen molar-refractivity contribution in [2.75, 3.05) is 0 Å². The van der Waals surface area contributed by atoms with Gasteiger partial charge in [-0.05, 0) is 26.2 Å². The lowest BCUT2D eigenvalue weighted by Crippen LogP contribution is -2.44. The van der Waals surface area contributed by atoms with Crippen LogP contribution in [-0.4, -0.2) is 18.0 Å². The van der Waals surface area contributed by atoms with Gasteiger partial charge in [-0.25, -0.2) is 0 Å². The van der Waals surface area contributed by atoms with Crippen LogP contribution in [0.15, 0.2) is 12.2 Å². The number of allylic oxidation sites excluding steroid dienone is 1. The normalized spacial score (nSPS) is 25.0. The van der Waals surface area contributed by atoms with E-state index in [-0.39, 0.29) is 5.91 Å². The molecule has 0 bridgehead atoms. The number of nitrogens with two attached hydrogens (primary N) is 1. The summed E-state index contributed by atoms with van der Waals surface area (Å²) in [6, 6.07) is -0.0931. The zero-order valence-corrected chi connectivity index (χ0v) is 7.42. The van der Waals surface area contributed by atoms with Gasteiger partial charge in [-0.3, -0.25) is 4.79 Å². The molecule has 3 N–H and O–H groups in total. The van der Waals surface area contributed by atoms with Gasteiger partial charge in [0, 0.05) is 6.04 Å². The van der Waals surface area contributed by atoms with Gasteiger partial charge < -0.3 is 11.1 Å².